The molecule has 0 aliphatic carbocycles. The number of anilines is 1. The van der Waals surface area contributed by atoms with E-state index in [4.69, 9.17) is 19.2 Å². The third-order valence-corrected chi connectivity index (χ3v) is 6.71. The van der Waals surface area contributed by atoms with Crippen LogP contribution in [0.2, 0.25) is 0 Å². The fourth-order valence-electron chi connectivity index (χ4n) is 4.96. The van der Waals surface area contributed by atoms with Crippen LogP contribution in [0.15, 0.2) is 42.5 Å². The molecule has 3 aromatic rings. The number of nitrogens with one attached hydrogen (secondary N) is 1. The van der Waals surface area contributed by atoms with Gasteiger partial charge in [0.2, 0.25) is 0 Å². The molecule has 0 radical (unpaired) electrons. The van der Waals surface area contributed by atoms with Crippen LogP contribution in [0.4, 0.5) is 5.82 Å². The van der Waals surface area contributed by atoms with Gasteiger partial charge in [0.25, 0.3) is 0 Å². The first kappa shape index (κ1) is 22.7. The maximum absolute atomic E-state index is 9.67. The van der Waals surface area contributed by atoms with Crippen molar-refractivity contribution in [3.8, 4) is 17.2 Å². The molecule has 7 nitrogen and oxygen atoms in total. The monoisotopic (exact) mass is 463 g/mol. The van der Waals surface area contributed by atoms with Crippen molar-refractivity contribution in [1.29, 1.82) is 0 Å². The largest absolute Gasteiger partial charge is 0.497 e. The van der Waals surface area contributed by atoms with Crippen LogP contribution < -0.4 is 24.4 Å². The van der Waals surface area contributed by atoms with Gasteiger partial charge in [-0.1, -0.05) is 6.07 Å². The second-order valence-electron chi connectivity index (χ2n) is 8.95. The van der Waals surface area contributed by atoms with Crippen LogP contribution in [0.3, 0.4) is 0 Å². The molecule has 1 aromatic heterocycles. The Kier molecular flexibility index (Phi) is 7.02. The van der Waals surface area contributed by atoms with E-state index in [0.717, 1.165) is 72.0 Å². The van der Waals surface area contributed by atoms with Crippen molar-refractivity contribution >= 4 is 16.7 Å². The molecular weight excluding hydrogens is 430 g/mol. The predicted octanol–water partition coefficient (Wildman–Crippen LogP) is 3.70. The molecule has 1 unspecified atom stereocenters. The number of nitrogens with zero attached hydrogens (tertiary/aromatic N) is 2. The normalized spacial score (nSPS) is 17.7. The van der Waals surface area contributed by atoms with Gasteiger partial charge in [0.15, 0.2) is 11.5 Å². The second-order valence-corrected chi connectivity index (χ2v) is 8.95. The average Bonchev–Trinajstić information content (AvgIpc) is 2.89. The van der Waals surface area contributed by atoms with Crippen LogP contribution in [-0.4, -0.2) is 56.2 Å². The minimum Gasteiger partial charge on any atom is -0.497 e. The zero-order valence-corrected chi connectivity index (χ0v) is 19.8. The predicted molar refractivity (Wildman–Crippen MR) is 133 cm³/mol. The molecule has 1 fully saturated rings. The van der Waals surface area contributed by atoms with Gasteiger partial charge in [-0.15, -0.1) is 0 Å². The Hall–Kier alpha value is -3.03. The van der Waals surface area contributed by atoms with Crippen molar-refractivity contribution in [2.45, 2.75) is 38.3 Å². The van der Waals surface area contributed by atoms with E-state index in [0.29, 0.717) is 25.7 Å². The summed E-state index contributed by atoms with van der Waals surface area (Å²) in [7, 11) is 1.67. The number of ether oxygens (including phenoxy) is 3. The smallest absolute Gasteiger partial charge is 0.161 e. The van der Waals surface area contributed by atoms with Gasteiger partial charge in [0.1, 0.15) is 24.8 Å². The Morgan fingerprint density at radius 3 is 2.82 bits per heavy atom. The van der Waals surface area contributed by atoms with Crippen LogP contribution in [0, 0.1) is 0 Å². The van der Waals surface area contributed by atoms with Crippen molar-refractivity contribution in [3.63, 3.8) is 0 Å². The van der Waals surface area contributed by atoms with E-state index in [-0.39, 0.29) is 6.61 Å². The van der Waals surface area contributed by atoms with E-state index in [9.17, 15) is 5.11 Å². The Labute approximate surface area is 200 Å². The Bertz CT molecular complexity index is 1140. The number of hydrogen-bond acceptors (Lipinski definition) is 7. The summed E-state index contributed by atoms with van der Waals surface area (Å²) in [6.07, 6.45) is 4.11. The number of pyridine rings is 1. The molecular formula is C27H33N3O4. The quantitative estimate of drug-likeness (QED) is 0.528. The maximum Gasteiger partial charge on any atom is 0.161 e. The van der Waals surface area contributed by atoms with Crippen molar-refractivity contribution in [2.75, 3.05) is 44.9 Å². The molecule has 0 amide bonds. The van der Waals surface area contributed by atoms with Gasteiger partial charge >= 0.3 is 0 Å². The SMILES string of the molecule is COc1ccc2nc(N3CCCCC3CNCc3ccc4c(c3)OCCO4)cc(CCO)c2c1. The molecule has 0 bridgehead atoms. The molecule has 3 heterocycles. The van der Waals surface area contributed by atoms with E-state index in [2.05, 4.69) is 28.4 Å². The molecule has 180 valence electrons. The van der Waals surface area contributed by atoms with Crippen LogP contribution in [-0.2, 0) is 13.0 Å². The number of fused-ring (bicyclic) bond motifs is 2. The van der Waals surface area contributed by atoms with Crippen LogP contribution in [0.1, 0.15) is 30.4 Å². The van der Waals surface area contributed by atoms with Gasteiger partial charge in [-0.05, 0) is 73.2 Å². The minimum atomic E-state index is 0.107. The highest BCUT2D eigenvalue weighted by molar-refractivity contribution is 5.85. The molecule has 0 saturated carbocycles. The standard InChI is InChI=1S/C27H33N3O4/c1-32-22-6-7-24-23(16-22)20(9-11-31)15-27(29-24)30-10-3-2-4-21(30)18-28-17-19-5-8-25-26(14-19)34-13-12-33-25/h5-8,14-16,21,28,31H,2-4,9-13,17-18H2,1H3. The molecule has 2 aromatic carbocycles. The number of aliphatic hydroxyl groups is 1. The Morgan fingerprint density at radius 2 is 1.97 bits per heavy atom. The lowest BCUT2D eigenvalue weighted by atomic mass is 10.0. The zero-order valence-electron chi connectivity index (χ0n) is 19.8. The summed E-state index contributed by atoms with van der Waals surface area (Å²) in [5.41, 5.74) is 3.24. The first-order valence-corrected chi connectivity index (χ1v) is 12.2. The highest BCUT2D eigenvalue weighted by Crippen LogP contribution is 2.32. The third-order valence-electron chi connectivity index (χ3n) is 6.71. The number of rotatable bonds is 8. The summed E-state index contributed by atoms with van der Waals surface area (Å²) in [5.74, 6) is 3.46. The number of aliphatic hydroxyl groups excluding tert-OH is 1. The maximum atomic E-state index is 9.67. The van der Waals surface area contributed by atoms with Crippen molar-refractivity contribution in [1.82, 2.24) is 10.3 Å². The molecule has 1 atom stereocenters. The topological polar surface area (TPSA) is 76.1 Å². The van der Waals surface area contributed by atoms with Gasteiger partial charge in [0.05, 0.1) is 12.6 Å². The Morgan fingerprint density at radius 1 is 1.09 bits per heavy atom. The van der Waals surface area contributed by atoms with Gasteiger partial charge in [0, 0.05) is 37.7 Å². The first-order chi connectivity index (χ1) is 16.7. The van der Waals surface area contributed by atoms with Crippen molar-refractivity contribution in [3.05, 3.63) is 53.6 Å². The fourth-order valence-corrected chi connectivity index (χ4v) is 4.96. The van der Waals surface area contributed by atoms with E-state index >= 15 is 0 Å². The summed E-state index contributed by atoms with van der Waals surface area (Å²) >= 11 is 0. The fraction of sp³-hybridized carbons (Fsp3) is 0.444. The molecule has 1 saturated heterocycles. The molecule has 34 heavy (non-hydrogen) atoms. The molecule has 5 rings (SSSR count). The summed E-state index contributed by atoms with van der Waals surface area (Å²) in [6, 6.07) is 14.7. The van der Waals surface area contributed by atoms with Gasteiger partial charge in [-0.25, -0.2) is 4.98 Å². The minimum absolute atomic E-state index is 0.107. The molecule has 2 aliphatic heterocycles. The van der Waals surface area contributed by atoms with Crippen molar-refractivity contribution in [2.24, 2.45) is 0 Å². The number of aromatic nitrogens is 1. The Balaban J connectivity index is 1.32. The first-order valence-electron chi connectivity index (χ1n) is 12.2. The van der Waals surface area contributed by atoms with E-state index in [1.165, 1.54) is 12.0 Å². The highest BCUT2D eigenvalue weighted by atomic mass is 16.6. The van der Waals surface area contributed by atoms with Gasteiger partial charge in [-0.3, -0.25) is 0 Å². The molecule has 0 spiro atoms. The summed E-state index contributed by atoms with van der Waals surface area (Å²) in [5, 5.41) is 14.4. The summed E-state index contributed by atoms with van der Waals surface area (Å²) in [4.78, 5) is 7.45. The molecule has 7 heteroatoms. The van der Waals surface area contributed by atoms with Gasteiger partial charge in [-0.2, -0.15) is 0 Å². The number of hydrogen-bond donors (Lipinski definition) is 2. The highest BCUT2D eigenvalue weighted by Gasteiger charge is 2.24. The summed E-state index contributed by atoms with van der Waals surface area (Å²) < 4.78 is 16.8. The van der Waals surface area contributed by atoms with E-state index < -0.39 is 0 Å². The van der Waals surface area contributed by atoms with Gasteiger partial charge < -0.3 is 29.5 Å². The van der Waals surface area contributed by atoms with Crippen LogP contribution >= 0.6 is 0 Å². The van der Waals surface area contributed by atoms with Crippen LogP contribution in [0.25, 0.3) is 10.9 Å². The van der Waals surface area contributed by atoms with Crippen molar-refractivity contribution < 1.29 is 19.3 Å². The number of methoxy groups -OCH3 is 1. The lowest BCUT2D eigenvalue weighted by Crippen LogP contribution is -2.46. The molecule has 2 N–H and O–H groups in total. The lowest BCUT2D eigenvalue weighted by molar-refractivity contribution is 0.171. The second kappa shape index (κ2) is 10.5. The third kappa shape index (κ3) is 4.91. The van der Waals surface area contributed by atoms with E-state index in [1.807, 2.05) is 24.3 Å². The average molecular weight is 464 g/mol. The summed E-state index contributed by atoms with van der Waals surface area (Å²) in [6.45, 7) is 3.97. The zero-order chi connectivity index (χ0) is 23.3. The van der Waals surface area contributed by atoms with E-state index in [1.54, 1.807) is 7.11 Å². The number of piperidine rings is 1. The number of benzene rings is 2. The lowest BCUT2D eigenvalue weighted by Gasteiger charge is -2.37. The molecule has 2 aliphatic rings. The van der Waals surface area contributed by atoms with Crippen LogP contribution in [0.5, 0.6) is 17.2 Å².